The van der Waals surface area contributed by atoms with E-state index in [-0.39, 0.29) is 12.4 Å². The fourth-order valence-corrected chi connectivity index (χ4v) is 0.885. The molecule has 76 valence electrons. The molecular weight excluding hydrogens is 222 g/mol. The first-order chi connectivity index (χ1) is 5.37. The number of hydrogen-bond donors (Lipinski definition) is 3. The molecule has 13 heavy (non-hydrogen) atoms. The van der Waals surface area contributed by atoms with Gasteiger partial charge in [-0.1, -0.05) is 0 Å². The molecule has 3 N–H and O–H groups in total. The van der Waals surface area contributed by atoms with Gasteiger partial charge >= 0.3 is 17.9 Å². The fourth-order valence-electron chi connectivity index (χ4n) is 0.555. The van der Waals surface area contributed by atoms with Gasteiger partial charge in [0.1, 0.15) is 0 Å². The van der Waals surface area contributed by atoms with Crippen LogP contribution in [0.25, 0.3) is 0 Å². The smallest absolute Gasteiger partial charge is 0.319 e. The molecule has 0 aromatic carbocycles. The topological polar surface area (TPSA) is 112 Å². The third-order valence-corrected chi connectivity index (χ3v) is 1.85. The highest BCUT2D eigenvalue weighted by Crippen LogP contribution is 2.14. The van der Waals surface area contributed by atoms with Gasteiger partial charge < -0.3 is 15.3 Å². The zero-order valence-electron chi connectivity index (χ0n) is 6.21. The highest BCUT2D eigenvalue weighted by atomic mass is 35.5. The van der Waals surface area contributed by atoms with E-state index in [1.165, 1.54) is 0 Å². The van der Waals surface area contributed by atoms with E-state index in [0.717, 1.165) is 0 Å². The van der Waals surface area contributed by atoms with Gasteiger partial charge in [0, 0.05) is 0 Å². The monoisotopic (exact) mass is 230 g/mol. The van der Waals surface area contributed by atoms with Crippen molar-refractivity contribution in [3.8, 4) is 0 Å². The number of rotatable bonds is 4. The Morgan fingerprint density at radius 3 is 1.31 bits per heavy atom. The van der Waals surface area contributed by atoms with Crippen molar-refractivity contribution in [1.29, 1.82) is 0 Å². The van der Waals surface area contributed by atoms with Gasteiger partial charge in [0.15, 0.2) is 5.92 Å². The van der Waals surface area contributed by atoms with Crippen LogP contribution in [0.15, 0.2) is 0 Å². The van der Waals surface area contributed by atoms with Gasteiger partial charge in [-0.05, 0) is 0 Å². The molecule has 0 aliphatic carbocycles. The van der Waals surface area contributed by atoms with Crippen LogP contribution in [0.2, 0.25) is 0 Å². The second-order valence-electron chi connectivity index (χ2n) is 2.02. The van der Waals surface area contributed by atoms with Crippen LogP contribution in [-0.2, 0) is 14.4 Å². The molecule has 6 nitrogen and oxygen atoms in total. The van der Waals surface area contributed by atoms with E-state index in [1.54, 1.807) is 9.24 Å². The third kappa shape index (κ3) is 4.05. The molecule has 0 saturated carbocycles. The highest BCUT2D eigenvalue weighted by Gasteiger charge is 2.36. The standard InChI is InChI=1S/C5H7O6P.ClH/c6-3(7)1(4(8)9)2(12)5(10)11;/h1-2H,12H2,(H,6,7)(H,8,9)(H,10,11);1H. The van der Waals surface area contributed by atoms with Crippen molar-refractivity contribution < 1.29 is 29.7 Å². The number of aliphatic carboxylic acids is 3. The van der Waals surface area contributed by atoms with E-state index in [2.05, 4.69) is 0 Å². The molecule has 0 amide bonds. The molecule has 0 bridgehead atoms. The average Bonchev–Trinajstić information content (AvgIpc) is 1.85. The minimum absolute atomic E-state index is 0. The number of carbonyl (C=O) groups is 3. The minimum Gasteiger partial charge on any atom is -0.481 e. The number of hydrogen-bond acceptors (Lipinski definition) is 3. The van der Waals surface area contributed by atoms with E-state index in [9.17, 15) is 14.4 Å². The van der Waals surface area contributed by atoms with Crippen molar-refractivity contribution in [3.63, 3.8) is 0 Å². The van der Waals surface area contributed by atoms with Crippen LogP contribution in [0.3, 0.4) is 0 Å². The molecule has 0 aliphatic heterocycles. The van der Waals surface area contributed by atoms with E-state index in [1.807, 2.05) is 0 Å². The Kier molecular flexibility index (Phi) is 6.44. The molecule has 0 heterocycles. The quantitative estimate of drug-likeness (QED) is 0.444. The second-order valence-corrected chi connectivity index (χ2v) is 2.74. The van der Waals surface area contributed by atoms with Crippen molar-refractivity contribution >= 4 is 39.6 Å². The number of carboxylic acids is 3. The lowest BCUT2D eigenvalue weighted by Crippen LogP contribution is -2.36. The lowest BCUT2D eigenvalue weighted by molar-refractivity contribution is -0.158. The van der Waals surface area contributed by atoms with Gasteiger partial charge in [0.2, 0.25) is 0 Å². The first-order valence-electron chi connectivity index (χ1n) is 2.82. The lowest BCUT2D eigenvalue weighted by atomic mass is 10.1. The van der Waals surface area contributed by atoms with Gasteiger partial charge in [-0.25, -0.2) is 0 Å². The van der Waals surface area contributed by atoms with Crippen molar-refractivity contribution in [3.05, 3.63) is 0 Å². The maximum Gasteiger partial charge on any atom is 0.319 e. The predicted octanol–water partition coefficient (Wildman–Crippen LogP) is -0.478. The van der Waals surface area contributed by atoms with E-state index >= 15 is 0 Å². The summed E-state index contributed by atoms with van der Waals surface area (Å²) in [6.45, 7) is 0. The fraction of sp³-hybridized carbons (Fsp3) is 0.400. The molecule has 0 aromatic rings. The van der Waals surface area contributed by atoms with Crippen LogP contribution in [0.5, 0.6) is 0 Å². The summed E-state index contributed by atoms with van der Waals surface area (Å²) in [5.74, 6) is -6.72. The summed E-state index contributed by atoms with van der Waals surface area (Å²) in [4.78, 5) is 30.7. The van der Waals surface area contributed by atoms with Crippen molar-refractivity contribution in [2.75, 3.05) is 0 Å². The highest BCUT2D eigenvalue weighted by molar-refractivity contribution is 7.19. The summed E-state index contributed by atoms with van der Waals surface area (Å²) in [5, 5.41) is 24.9. The van der Waals surface area contributed by atoms with Gasteiger partial charge in [0.25, 0.3) is 0 Å². The summed E-state index contributed by atoms with van der Waals surface area (Å²) in [5.41, 5.74) is -1.51. The van der Waals surface area contributed by atoms with E-state index in [4.69, 9.17) is 15.3 Å². The second kappa shape index (κ2) is 5.72. The van der Waals surface area contributed by atoms with Crippen LogP contribution >= 0.6 is 21.6 Å². The van der Waals surface area contributed by atoms with Gasteiger partial charge in [0.05, 0.1) is 5.66 Å². The minimum atomic E-state index is -1.92. The van der Waals surface area contributed by atoms with Gasteiger partial charge in [-0.3, -0.25) is 14.4 Å². The molecule has 0 aliphatic rings. The van der Waals surface area contributed by atoms with Crippen LogP contribution in [0.4, 0.5) is 0 Å². The van der Waals surface area contributed by atoms with Crippen LogP contribution in [-0.4, -0.2) is 38.9 Å². The maximum absolute atomic E-state index is 10.2. The summed E-state index contributed by atoms with van der Waals surface area (Å²) >= 11 is 0. The normalized spacial score (nSPS) is 11.5. The van der Waals surface area contributed by atoms with E-state index in [0.29, 0.717) is 0 Å². The summed E-state index contributed by atoms with van der Waals surface area (Å²) in [7, 11) is 1.66. The molecule has 0 rings (SSSR count). The molecule has 2 atom stereocenters. The average molecular weight is 231 g/mol. The molecular formula is C5H8ClO6P. The number of halogens is 1. The summed E-state index contributed by atoms with van der Waals surface area (Å²) in [6, 6.07) is 0. The van der Waals surface area contributed by atoms with Crippen molar-refractivity contribution in [2.45, 2.75) is 5.66 Å². The maximum atomic E-state index is 10.2. The first kappa shape index (κ1) is 14.6. The predicted molar refractivity (Wildman–Crippen MR) is 47.1 cm³/mol. The zero-order chi connectivity index (χ0) is 9.89. The largest absolute Gasteiger partial charge is 0.481 e. The van der Waals surface area contributed by atoms with Crippen LogP contribution < -0.4 is 0 Å². The summed E-state index contributed by atoms with van der Waals surface area (Å²) < 4.78 is 0. The third-order valence-electron chi connectivity index (χ3n) is 1.18. The molecule has 8 heteroatoms. The van der Waals surface area contributed by atoms with Crippen LogP contribution in [0, 0.1) is 5.92 Å². The van der Waals surface area contributed by atoms with Gasteiger partial charge in [-0.15, -0.1) is 21.6 Å². The molecule has 0 radical (unpaired) electrons. The first-order valence-corrected chi connectivity index (χ1v) is 3.48. The molecule has 0 spiro atoms. The summed E-state index contributed by atoms with van der Waals surface area (Å²) in [6.07, 6.45) is 0. The number of carboxylic acid groups (broad SMARTS) is 3. The Hall–Kier alpha value is -0.870. The Labute approximate surface area is 81.5 Å². The lowest BCUT2D eigenvalue weighted by Gasteiger charge is -2.10. The molecule has 0 fully saturated rings. The Bertz CT molecular complexity index is 215. The molecule has 0 saturated heterocycles. The SMILES string of the molecule is Cl.O=C(O)C(P)C(C(=O)O)C(=O)O. The van der Waals surface area contributed by atoms with E-state index < -0.39 is 29.5 Å². The Balaban J connectivity index is 0. The zero-order valence-corrected chi connectivity index (χ0v) is 8.18. The van der Waals surface area contributed by atoms with Crippen LogP contribution in [0.1, 0.15) is 0 Å². The van der Waals surface area contributed by atoms with Crippen molar-refractivity contribution in [1.82, 2.24) is 0 Å². The van der Waals surface area contributed by atoms with Crippen molar-refractivity contribution in [2.24, 2.45) is 5.92 Å². The Morgan fingerprint density at radius 2 is 1.23 bits per heavy atom. The molecule has 0 aromatic heterocycles. The Morgan fingerprint density at radius 1 is 0.923 bits per heavy atom. The van der Waals surface area contributed by atoms with Gasteiger partial charge in [-0.2, -0.15) is 0 Å². The molecule has 2 unspecified atom stereocenters.